The van der Waals surface area contributed by atoms with Crippen LogP contribution in [0.3, 0.4) is 0 Å². The largest absolute Gasteiger partial charge is 0.396 e. The summed E-state index contributed by atoms with van der Waals surface area (Å²) in [6, 6.07) is 6.09. The predicted octanol–water partition coefficient (Wildman–Crippen LogP) is 2.92. The molecule has 2 rings (SSSR count). The van der Waals surface area contributed by atoms with E-state index in [1.165, 1.54) is 10.9 Å². The Labute approximate surface area is 86.6 Å². The summed E-state index contributed by atoms with van der Waals surface area (Å²) in [5.41, 5.74) is 8.30. The number of nitriles is 1. The van der Waals surface area contributed by atoms with E-state index in [0.29, 0.717) is 11.3 Å². The van der Waals surface area contributed by atoms with Crippen molar-refractivity contribution in [3.8, 4) is 6.07 Å². The molecule has 0 saturated heterocycles. The van der Waals surface area contributed by atoms with Crippen molar-refractivity contribution in [3.63, 3.8) is 0 Å². The van der Waals surface area contributed by atoms with Crippen molar-refractivity contribution in [3.05, 3.63) is 28.6 Å². The van der Waals surface area contributed by atoms with Crippen molar-refractivity contribution in [1.82, 2.24) is 0 Å². The highest BCUT2D eigenvalue weighted by Crippen LogP contribution is 2.32. The van der Waals surface area contributed by atoms with Gasteiger partial charge in [-0.2, -0.15) is 5.26 Å². The number of nitrogen functional groups attached to an aromatic ring is 1. The van der Waals surface area contributed by atoms with Crippen LogP contribution in [0.5, 0.6) is 0 Å². The molecule has 0 spiro atoms. The van der Waals surface area contributed by atoms with Gasteiger partial charge in [-0.25, -0.2) is 0 Å². The van der Waals surface area contributed by atoms with Gasteiger partial charge in [-0.1, -0.05) is 6.92 Å². The van der Waals surface area contributed by atoms with Gasteiger partial charge >= 0.3 is 0 Å². The van der Waals surface area contributed by atoms with E-state index in [0.717, 1.165) is 11.1 Å². The van der Waals surface area contributed by atoms with Crippen LogP contribution >= 0.6 is 11.3 Å². The van der Waals surface area contributed by atoms with Crippen LogP contribution < -0.4 is 5.73 Å². The highest BCUT2D eigenvalue weighted by atomic mass is 32.1. The first-order valence-corrected chi connectivity index (χ1v) is 5.34. The molecule has 0 radical (unpaired) electrons. The van der Waals surface area contributed by atoms with Gasteiger partial charge in [0.1, 0.15) is 6.07 Å². The number of hydrogen-bond acceptors (Lipinski definition) is 3. The van der Waals surface area contributed by atoms with E-state index in [1.807, 2.05) is 11.4 Å². The van der Waals surface area contributed by atoms with Gasteiger partial charge in [-0.3, -0.25) is 0 Å². The molecule has 0 aliphatic carbocycles. The molecule has 1 heterocycles. The minimum Gasteiger partial charge on any atom is -0.396 e. The first-order valence-electron chi connectivity index (χ1n) is 4.46. The summed E-state index contributed by atoms with van der Waals surface area (Å²) in [5.74, 6) is 0. The predicted molar refractivity (Wildman–Crippen MR) is 60.3 cm³/mol. The van der Waals surface area contributed by atoms with Crippen molar-refractivity contribution in [2.24, 2.45) is 0 Å². The maximum Gasteiger partial charge on any atom is 0.101 e. The lowest BCUT2D eigenvalue weighted by Gasteiger charge is -2.04. The topological polar surface area (TPSA) is 49.8 Å². The monoisotopic (exact) mass is 202 g/mol. The Balaban J connectivity index is 2.89. The summed E-state index contributed by atoms with van der Waals surface area (Å²) < 4.78 is 1.04. The minimum absolute atomic E-state index is 0.594. The van der Waals surface area contributed by atoms with E-state index < -0.39 is 0 Å². The number of fused-ring (bicyclic) bond motifs is 1. The third kappa shape index (κ3) is 1.16. The maximum atomic E-state index is 8.91. The Kier molecular flexibility index (Phi) is 2.14. The molecule has 2 aromatic rings. The number of thiophene rings is 1. The van der Waals surface area contributed by atoms with E-state index in [4.69, 9.17) is 11.0 Å². The molecule has 0 atom stereocenters. The number of anilines is 1. The smallest absolute Gasteiger partial charge is 0.101 e. The average Bonchev–Trinajstić information content (AvgIpc) is 2.68. The Morgan fingerprint density at radius 2 is 2.36 bits per heavy atom. The van der Waals surface area contributed by atoms with Gasteiger partial charge in [0.05, 0.1) is 16.0 Å². The van der Waals surface area contributed by atoms with E-state index >= 15 is 0 Å². The number of nitrogens with zero attached hydrogens (tertiary/aromatic N) is 1. The number of benzene rings is 1. The number of rotatable bonds is 1. The Hall–Kier alpha value is -1.53. The van der Waals surface area contributed by atoms with E-state index in [-0.39, 0.29) is 0 Å². The summed E-state index contributed by atoms with van der Waals surface area (Å²) in [6.07, 6.45) is 0.933. The molecule has 0 amide bonds. The second-order valence-electron chi connectivity index (χ2n) is 3.13. The molecule has 2 N–H and O–H groups in total. The van der Waals surface area contributed by atoms with Crippen molar-refractivity contribution in [1.29, 1.82) is 5.26 Å². The standard InChI is InChI=1S/C11H10N2S/c1-2-7-5-8(6-12)10(13)11-9(7)3-4-14-11/h3-5H,2,13H2,1H3. The van der Waals surface area contributed by atoms with Crippen molar-refractivity contribution in [2.75, 3.05) is 5.73 Å². The van der Waals surface area contributed by atoms with Crippen LogP contribution in [0.1, 0.15) is 18.1 Å². The highest BCUT2D eigenvalue weighted by Gasteiger charge is 2.09. The second kappa shape index (κ2) is 3.32. The van der Waals surface area contributed by atoms with Gasteiger partial charge in [-0.15, -0.1) is 11.3 Å². The fourth-order valence-electron chi connectivity index (χ4n) is 1.61. The average molecular weight is 202 g/mol. The fourth-order valence-corrected chi connectivity index (χ4v) is 2.51. The normalized spacial score (nSPS) is 10.3. The molecular formula is C11H10N2S. The van der Waals surface area contributed by atoms with Crippen LogP contribution in [0.4, 0.5) is 5.69 Å². The second-order valence-corrected chi connectivity index (χ2v) is 4.04. The molecule has 1 aromatic carbocycles. The summed E-state index contributed by atoms with van der Waals surface area (Å²) >= 11 is 1.60. The van der Waals surface area contributed by atoms with Gasteiger partial charge in [0.15, 0.2) is 0 Å². The van der Waals surface area contributed by atoms with Crippen LogP contribution in [-0.4, -0.2) is 0 Å². The van der Waals surface area contributed by atoms with Crippen molar-refractivity contribution >= 4 is 27.1 Å². The Morgan fingerprint density at radius 1 is 1.57 bits per heavy atom. The molecule has 0 fully saturated rings. The molecule has 70 valence electrons. The van der Waals surface area contributed by atoms with Crippen LogP contribution in [-0.2, 0) is 6.42 Å². The zero-order chi connectivity index (χ0) is 10.1. The molecule has 0 bridgehead atoms. The zero-order valence-electron chi connectivity index (χ0n) is 7.87. The van der Waals surface area contributed by atoms with Crippen LogP contribution in [0.2, 0.25) is 0 Å². The highest BCUT2D eigenvalue weighted by molar-refractivity contribution is 7.17. The first kappa shape index (κ1) is 9.04. The molecule has 0 unspecified atom stereocenters. The first-order chi connectivity index (χ1) is 6.77. The van der Waals surface area contributed by atoms with E-state index in [9.17, 15) is 0 Å². The Morgan fingerprint density at radius 3 is 3.00 bits per heavy atom. The summed E-state index contributed by atoms with van der Waals surface area (Å²) in [4.78, 5) is 0. The molecular weight excluding hydrogens is 192 g/mol. The molecule has 2 nitrogen and oxygen atoms in total. The van der Waals surface area contributed by atoms with Gasteiger partial charge in [-0.05, 0) is 34.9 Å². The molecule has 1 aromatic heterocycles. The lowest BCUT2D eigenvalue weighted by Crippen LogP contribution is -1.93. The van der Waals surface area contributed by atoms with Gasteiger partial charge in [0.2, 0.25) is 0 Å². The summed E-state index contributed by atoms with van der Waals surface area (Å²) in [6.45, 7) is 2.09. The van der Waals surface area contributed by atoms with Gasteiger partial charge in [0, 0.05) is 0 Å². The molecule has 0 saturated carbocycles. The zero-order valence-corrected chi connectivity index (χ0v) is 8.69. The van der Waals surface area contributed by atoms with Crippen molar-refractivity contribution < 1.29 is 0 Å². The fraction of sp³-hybridized carbons (Fsp3) is 0.182. The lowest BCUT2D eigenvalue weighted by molar-refractivity contribution is 1.16. The number of aryl methyl sites for hydroxylation is 1. The molecule has 14 heavy (non-hydrogen) atoms. The number of nitrogens with two attached hydrogens (primary N) is 1. The van der Waals surface area contributed by atoms with Crippen LogP contribution in [0.25, 0.3) is 10.1 Å². The SMILES string of the molecule is CCc1cc(C#N)c(N)c2sccc12. The minimum atomic E-state index is 0.594. The Bertz CT molecular complexity index is 520. The van der Waals surface area contributed by atoms with Crippen molar-refractivity contribution in [2.45, 2.75) is 13.3 Å². The maximum absolute atomic E-state index is 8.91. The molecule has 0 aliphatic rings. The third-order valence-electron chi connectivity index (χ3n) is 2.37. The quantitative estimate of drug-likeness (QED) is 0.723. The third-order valence-corrected chi connectivity index (χ3v) is 3.31. The van der Waals surface area contributed by atoms with Gasteiger partial charge in [0.25, 0.3) is 0 Å². The van der Waals surface area contributed by atoms with Gasteiger partial charge < -0.3 is 5.73 Å². The molecule has 3 heteroatoms. The number of hydrogen-bond donors (Lipinski definition) is 1. The van der Waals surface area contributed by atoms with Crippen LogP contribution in [0.15, 0.2) is 17.5 Å². The van der Waals surface area contributed by atoms with Crippen LogP contribution in [0, 0.1) is 11.3 Å². The summed E-state index contributed by atoms with van der Waals surface area (Å²) in [5, 5.41) is 12.1. The summed E-state index contributed by atoms with van der Waals surface area (Å²) in [7, 11) is 0. The van der Waals surface area contributed by atoms with E-state index in [2.05, 4.69) is 19.1 Å². The van der Waals surface area contributed by atoms with E-state index in [1.54, 1.807) is 11.3 Å². The lowest BCUT2D eigenvalue weighted by atomic mass is 10.0. The molecule has 0 aliphatic heterocycles.